The first-order valence-electron chi connectivity index (χ1n) is 9.00. The number of carbonyl (C=O) groups is 2. The third kappa shape index (κ3) is 3.66. The summed E-state index contributed by atoms with van der Waals surface area (Å²) < 4.78 is 5.78. The van der Waals surface area contributed by atoms with Crippen LogP contribution in [0.4, 0.5) is 0 Å². The molecule has 28 heavy (non-hydrogen) atoms. The van der Waals surface area contributed by atoms with Gasteiger partial charge in [-0.2, -0.15) is 0 Å². The smallest absolute Gasteiger partial charge is 0.285 e. The summed E-state index contributed by atoms with van der Waals surface area (Å²) in [6.45, 7) is 2.66. The molecule has 2 amide bonds. The van der Waals surface area contributed by atoms with Gasteiger partial charge in [0, 0.05) is 0 Å². The van der Waals surface area contributed by atoms with E-state index in [2.05, 4.69) is 12.1 Å². The van der Waals surface area contributed by atoms with Crippen molar-refractivity contribution in [2.75, 3.05) is 0 Å². The number of hydrogen-bond acceptors (Lipinski definition) is 4. The molecule has 0 unspecified atom stereocenters. The number of hydroxylamine groups is 2. The molecule has 3 aromatic rings. The fraction of sp³-hybridized carbons (Fsp3) is 0.130. The normalized spacial score (nSPS) is 13.0. The Morgan fingerprint density at radius 2 is 1.25 bits per heavy atom. The number of imide groups is 1. The Balaban J connectivity index is 1.33. The summed E-state index contributed by atoms with van der Waals surface area (Å²) in [6, 6.07) is 22.3. The van der Waals surface area contributed by atoms with E-state index < -0.39 is 11.8 Å². The molecule has 0 aliphatic carbocycles. The van der Waals surface area contributed by atoms with Crippen LogP contribution in [0.1, 0.15) is 37.4 Å². The zero-order chi connectivity index (χ0) is 19.5. The molecule has 1 aliphatic heterocycles. The molecule has 0 spiro atoms. The van der Waals surface area contributed by atoms with Crippen molar-refractivity contribution < 1.29 is 19.2 Å². The lowest BCUT2D eigenvalue weighted by atomic mass is 10.1. The van der Waals surface area contributed by atoms with Crippen molar-refractivity contribution in [2.24, 2.45) is 0 Å². The van der Waals surface area contributed by atoms with Gasteiger partial charge in [-0.05, 0) is 42.3 Å². The second kappa shape index (κ2) is 7.66. The first-order valence-corrected chi connectivity index (χ1v) is 9.00. The van der Waals surface area contributed by atoms with Crippen LogP contribution in [0.2, 0.25) is 0 Å². The minimum absolute atomic E-state index is 0.115. The molecule has 0 fully saturated rings. The summed E-state index contributed by atoms with van der Waals surface area (Å²) in [5.41, 5.74) is 3.88. The minimum Gasteiger partial charge on any atom is -0.489 e. The minimum atomic E-state index is -0.432. The Labute approximate surface area is 163 Å². The number of ether oxygens (including phenoxy) is 1. The van der Waals surface area contributed by atoms with Crippen LogP contribution in [0, 0.1) is 6.92 Å². The van der Waals surface area contributed by atoms with Crippen LogP contribution in [0.15, 0.2) is 72.8 Å². The summed E-state index contributed by atoms with van der Waals surface area (Å²) in [4.78, 5) is 30.0. The van der Waals surface area contributed by atoms with Gasteiger partial charge in [-0.3, -0.25) is 14.4 Å². The first kappa shape index (κ1) is 17.9. The van der Waals surface area contributed by atoms with Gasteiger partial charge < -0.3 is 4.74 Å². The lowest BCUT2D eigenvalue weighted by Gasteiger charge is -2.13. The lowest BCUT2D eigenvalue weighted by Crippen LogP contribution is -2.29. The Hall–Kier alpha value is -3.44. The van der Waals surface area contributed by atoms with E-state index >= 15 is 0 Å². The van der Waals surface area contributed by atoms with Crippen molar-refractivity contribution >= 4 is 11.8 Å². The lowest BCUT2D eigenvalue weighted by molar-refractivity contribution is -0.101. The maximum atomic E-state index is 12.3. The number of hydrogen-bond donors (Lipinski definition) is 0. The van der Waals surface area contributed by atoms with Gasteiger partial charge in [0.1, 0.15) is 19.0 Å². The number of aryl methyl sites for hydroxylation is 1. The Bertz CT molecular complexity index is 975. The number of nitrogens with zero attached hydrogens (tertiary/aromatic N) is 1. The van der Waals surface area contributed by atoms with Crippen LogP contribution >= 0.6 is 0 Å². The van der Waals surface area contributed by atoms with Crippen molar-refractivity contribution in [3.05, 3.63) is 101 Å². The number of carbonyl (C=O) groups excluding carboxylic acids is 2. The summed E-state index contributed by atoms with van der Waals surface area (Å²) in [7, 11) is 0. The van der Waals surface area contributed by atoms with Crippen LogP contribution in [-0.4, -0.2) is 16.9 Å². The predicted octanol–water partition coefficient (Wildman–Crippen LogP) is 4.30. The van der Waals surface area contributed by atoms with Crippen LogP contribution in [0.25, 0.3) is 0 Å². The zero-order valence-corrected chi connectivity index (χ0v) is 15.4. The molecule has 0 atom stereocenters. The van der Waals surface area contributed by atoms with Gasteiger partial charge in [-0.25, -0.2) is 0 Å². The Morgan fingerprint density at radius 3 is 1.86 bits per heavy atom. The number of amides is 2. The van der Waals surface area contributed by atoms with E-state index in [1.54, 1.807) is 24.3 Å². The standard InChI is InChI=1S/C23H19NO4/c1-16-6-8-17(9-7-16)14-27-19-12-10-18(11-13-19)15-28-24-22(25)20-4-2-3-5-21(20)23(24)26/h2-13H,14-15H2,1H3. The fourth-order valence-corrected chi connectivity index (χ4v) is 2.96. The molecule has 0 aromatic heterocycles. The topological polar surface area (TPSA) is 55.8 Å². The largest absolute Gasteiger partial charge is 0.489 e. The monoisotopic (exact) mass is 373 g/mol. The number of fused-ring (bicyclic) bond motifs is 1. The quantitative estimate of drug-likeness (QED) is 0.605. The SMILES string of the molecule is Cc1ccc(COc2ccc(CON3C(=O)c4ccccc4C3=O)cc2)cc1. The predicted molar refractivity (Wildman–Crippen MR) is 104 cm³/mol. The third-order valence-corrected chi connectivity index (χ3v) is 4.57. The van der Waals surface area contributed by atoms with Crippen molar-refractivity contribution in [3.63, 3.8) is 0 Å². The summed E-state index contributed by atoms with van der Waals surface area (Å²) in [6.07, 6.45) is 0. The van der Waals surface area contributed by atoms with Crippen molar-refractivity contribution in [1.82, 2.24) is 5.06 Å². The average molecular weight is 373 g/mol. The number of rotatable bonds is 6. The molecule has 0 radical (unpaired) electrons. The van der Waals surface area contributed by atoms with E-state index in [-0.39, 0.29) is 6.61 Å². The van der Waals surface area contributed by atoms with E-state index in [1.807, 2.05) is 43.3 Å². The molecule has 0 N–H and O–H groups in total. The zero-order valence-electron chi connectivity index (χ0n) is 15.4. The molecule has 5 nitrogen and oxygen atoms in total. The van der Waals surface area contributed by atoms with E-state index in [0.29, 0.717) is 17.7 Å². The highest BCUT2D eigenvalue weighted by atomic mass is 16.7. The van der Waals surface area contributed by atoms with Crippen LogP contribution in [0.5, 0.6) is 5.75 Å². The molecule has 1 heterocycles. The van der Waals surface area contributed by atoms with Gasteiger partial charge in [0.25, 0.3) is 11.8 Å². The maximum Gasteiger partial charge on any atom is 0.285 e. The van der Waals surface area contributed by atoms with Gasteiger partial charge in [0.05, 0.1) is 11.1 Å². The van der Waals surface area contributed by atoms with Crippen molar-refractivity contribution in [2.45, 2.75) is 20.1 Å². The fourth-order valence-electron chi connectivity index (χ4n) is 2.96. The van der Waals surface area contributed by atoms with Gasteiger partial charge in [0.2, 0.25) is 0 Å². The molecule has 3 aromatic carbocycles. The summed E-state index contributed by atoms with van der Waals surface area (Å²) in [5.74, 6) is -0.123. The Morgan fingerprint density at radius 1 is 0.714 bits per heavy atom. The first-order chi connectivity index (χ1) is 13.6. The summed E-state index contributed by atoms with van der Waals surface area (Å²) in [5, 5.41) is 0.826. The third-order valence-electron chi connectivity index (χ3n) is 4.57. The van der Waals surface area contributed by atoms with Crippen LogP contribution in [0.3, 0.4) is 0 Å². The van der Waals surface area contributed by atoms with Gasteiger partial charge in [0.15, 0.2) is 0 Å². The van der Waals surface area contributed by atoms with Crippen molar-refractivity contribution in [1.29, 1.82) is 0 Å². The maximum absolute atomic E-state index is 12.3. The molecule has 0 saturated heterocycles. The van der Waals surface area contributed by atoms with E-state index in [4.69, 9.17) is 9.57 Å². The van der Waals surface area contributed by atoms with E-state index in [1.165, 1.54) is 5.56 Å². The number of benzene rings is 3. The highest BCUT2D eigenvalue weighted by Crippen LogP contribution is 2.23. The molecular weight excluding hydrogens is 354 g/mol. The molecule has 140 valence electrons. The van der Waals surface area contributed by atoms with E-state index in [9.17, 15) is 9.59 Å². The molecule has 4 rings (SSSR count). The van der Waals surface area contributed by atoms with E-state index in [0.717, 1.165) is 21.9 Å². The van der Waals surface area contributed by atoms with Crippen LogP contribution in [-0.2, 0) is 18.1 Å². The molecule has 5 heteroatoms. The average Bonchev–Trinajstić information content (AvgIpc) is 2.97. The second-order valence-electron chi connectivity index (χ2n) is 6.64. The molecular formula is C23H19NO4. The highest BCUT2D eigenvalue weighted by molar-refractivity contribution is 6.20. The molecule has 1 aliphatic rings. The molecule has 0 saturated carbocycles. The van der Waals surface area contributed by atoms with Gasteiger partial charge in [-0.1, -0.05) is 54.1 Å². The van der Waals surface area contributed by atoms with Gasteiger partial charge in [-0.15, -0.1) is 5.06 Å². The van der Waals surface area contributed by atoms with Crippen LogP contribution < -0.4 is 4.74 Å². The second-order valence-corrected chi connectivity index (χ2v) is 6.64. The molecule has 0 bridgehead atoms. The van der Waals surface area contributed by atoms with Gasteiger partial charge >= 0.3 is 0 Å². The highest BCUT2D eigenvalue weighted by Gasteiger charge is 2.36. The Kier molecular flexibility index (Phi) is 4.91. The summed E-state index contributed by atoms with van der Waals surface area (Å²) >= 11 is 0. The van der Waals surface area contributed by atoms with Crippen molar-refractivity contribution in [3.8, 4) is 5.75 Å².